The Bertz CT molecular complexity index is 768. The summed E-state index contributed by atoms with van der Waals surface area (Å²) in [6.07, 6.45) is 2.18. The summed E-state index contributed by atoms with van der Waals surface area (Å²) >= 11 is 5.46. The molecule has 6 nitrogen and oxygen atoms in total. The number of alkyl halides is 1. The van der Waals surface area contributed by atoms with Crippen LogP contribution < -0.4 is 10.1 Å². The summed E-state index contributed by atoms with van der Waals surface area (Å²) in [6, 6.07) is 14.6. The molecule has 0 aliphatic rings. The Morgan fingerprint density at radius 2 is 1.54 bits per heavy atom. The van der Waals surface area contributed by atoms with Gasteiger partial charge >= 0.3 is 0 Å². The Hall–Kier alpha value is -2.44. The zero-order valence-corrected chi connectivity index (χ0v) is 17.4. The number of amides is 1. The summed E-state index contributed by atoms with van der Waals surface area (Å²) in [6.45, 7) is 1.86. The number of hydrogen-bond acceptors (Lipinski definition) is 4. The molecule has 0 saturated carbocycles. The maximum Gasteiger partial charge on any atom is 0.239 e. The van der Waals surface area contributed by atoms with E-state index in [4.69, 9.17) is 16.3 Å². The van der Waals surface area contributed by atoms with E-state index in [0.717, 1.165) is 35.3 Å². The number of azo groups is 1. The predicted molar refractivity (Wildman–Crippen MR) is 114 cm³/mol. The molecule has 7 heteroatoms. The van der Waals surface area contributed by atoms with Gasteiger partial charge in [-0.15, -0.1) is 11.6 Å². The van der Waals surface area contributed by atoms with Crippen molar-refractivity contribution in [2.75, 3.05) is 45.5 Å². The van der Waals surface area contributed by atoms with Crippen molar-refractivity contribution in [1.82, 2.24) is 0 Å². The average molecular weight is 404 g/mol. The number of anilines is 1. The first-order valence-electron chi connectivity index (χ1n) is 9.27. The molecular weight excluding hydrogens is 376 g/mol. The van der Waals surface area contributed by atoms with Gasteiger partial charge in [-0.25, -0.2) is 0 Å². The van der Waals surface area contributed by atoms with Crippen LogP contribution in [0.2, 0.25) is 0 Å². The first kappa shape index (κ1) is 21.9. The minimum Gasteiger partial charge on any atom is -0.494 e. The van der Waals surface area contributed by atoms with Crippen LogP contribution in [-0.4, -0.2) is 50.6 Å². The van der Waals surface area contributed by atoms with Crippen LogP contribution in [0, 0.1) is 0 Å². The molecule has 0 aliphatic carbocycles. The van der Waals surface area contributed by atoms with Gasteiger partial charge in [0.05, 0.1) is 45.7 Å². The number of nitrogens with one attached hydrogen (secondary N) is 1. The number of nitrogens with zero attached hydrogens (tertiary/aromatic N) is 3. The fourth-order valence-electron chi connectivity index (χ4n) is 2.41. The predicted octanol–water partition coefficient (Wildman–Crippen LogP) is 5.14. The molecule has 0 unspecified atom stereocenters. The van der Waals surface area contributed by atoms with Crippen LogP contribution in [0.4, 0.5) is 17.1 Å². The average Bonchev–Trinajstić information content (AvgIpc) is 2.67. The molecule has 2 aromatic carbocycles. The molecule has 1 N–H and O–H groups in total. The van der Waals surface area contributed by atoms with Crippen molar-refractivity contribution in [3.63, 3.8) is 0 Å². The largest absolute Gasteiger partial charge is 0.494 e. The molecule has 0 atom stereocenters. The molecular formula is C21H28ClN4O2+. The fourth-order valence-corrected chi connectivity index (χ4v) is 2.48. The van der Waals surface area contributed by atoms with Crippen molar-refractivity contribution in [2.45, 2.75) is 12.8 Å². The summed E-state index contributed by atoms with van der Waals surface area (Å²) in [5.74, 6) is 0.521. The number of carbonyl (C=O) groups excluding carboxylic acids is 1. The van der Waals surface area contributed by atoms with Gasteiger partial charge in [0, 0.05) is 5.69 Å². The second-order valence-corrected chi connectivity index (χ2v) is 7.76. The van der Waals surface area contributed by atoms with Crippen molar-refractivity contribution in [3.05, 3.63) is 48.5 Å². The zero-order chi connectivity index (χ0) is 20.4. The topological polar surface area (TPSA) is 63.1 Å². The first-order chi connectivity index (χ1) is 13.4. The van der Waals surface area contributed by atoms with E-state index in [0.29, 0.717) is 18.0 Å². The Kier molecular flexibility index (Phi) is 8.42. The number of benzene rings is 2. The highest BCUT2D eigenvalue weighted by atomic mass is 35.5. The second-order valence-electron chi connectivity index (χ2n) is 7.49. The van der Waals surface area contributed by atoms with Crippen molar-refractivity contribution >= 4 is 34.6 Å². The van der Waals surface area contributed by atoms with E-state index in [9.17, 15) is 4.79 Å². The van der Waals surface area contributed by atoms with E-state index in [1.165, 1.54) is 0 Å². The summed E-state index contributed by atoms with van der Waals surface area (Å²) in [5, 5.41) is 11.1. The van der Waals surface area contributed by atoms with Crippen LogP contribution in [0.15, 0.2) is 58.8 Å². The van der Waals surface area contributed by atoms with Crippen LogP contribution in [-0.2, 0) is 4.79 Å². The van der Waals surface area contributed by atoms with E-state index in [1.807, 2.05) is 24.3 Å². The molecule has 2 rings (SSSR count). The van der Waals surface area contributed by atoms with Gasteiger partial charge in [-0.05, 0) is 61.4 Å². The highest BCUT2D eigenvalue weighted by Crippen LogP contribution is 2.22. The number of quaternary nitrogens is 1. The van der Waals surface area contributed by atoms with Gasteiger partial charge < -0.3 is 14.5 Å². The van der Waals surface area contributed by atoms with Gasteiger partial charge in [0.2, 0.25) is 5.91 Å². The number of halogens is 1. The molecule has 0 aromatic heterocycles. The van der Waals surface area contributed by atoms with Crippen molar-refractivity contribution in [2.24, 2.45) is 10.2 Å². The maximum absolute atomic E-state index is 11.2. The molecule has 0 saturated heterocycles. The smallest absolute Gasteiger partial charge is 0.239 e. The van der Waals surface area contributed by atoms with Crippen LogP contribution in [0.3, 0.4) is 0 Å². The monoisotopic (exact) mass is 403 g/mol. The van der Waals surface area contributed by atoms with Gasteiger partial charge in [0.15, 0.2) is 0 Å². The standard InChI is InChI=1S/C21H27ClN4O2/c1-26(2,3)14-4-5-15-28-20-12-10-19(11-13-20)25-24-18-8-6-17(7-9-18)23-21(27)16-22/h6-13H,4-5,14-16H2,1-3H3/p+1. The lowest BCUT2D eigenvalue weighted by Crippen LogP contribution is -2.35. The van der Waals surface area contributed by atoms with Gasteiger partial charge in [-0.1, -0.05) is 0 Å². The highest BCUT2D eigenvalue weighted by Gasteiger charge is 2.05. The summed E-state index contributed by atoms with van der Waals surface area (Å²) in [4.78, 5) is 11.2. The van der Waals surface area contributed by atoms with Crippen molar-refractivity contribution in [3.8, 4) is 5.75 Å². The molecule has 0 bridgehead atoms. The lowest BCUT2D eigenvalue weighted by molar-refractivity contribution is -0.870. The van der Waals surface area contributed by atoms with Gasteiger partial charge in [0.1, 0.15) is 11.6 Å². The highest BCUT2D eigenvalue weighted by molar-refractivity contribution is 6.29. The quantitative estimate of drug-likeness (QED) is 0.258. The van der Waals surface area contributed by atoms with Crippen LogP contribution in [0.5, 0.6) is 5.75 Å². The number of hydrogen-bond donors (Lipinski definition) is 1. The number of carbonyl (C=O) groups is 1. The lowest BCUT2D eigenvalue weighted by Gasteiger charge is -2.23. The summed E-state index contributed by atoms with van der Waals surface area (Å²) in [7, 11) is 6.59. The summed E-state index contributed by atoms with van der Waals surface area (Å²) in [5.41, 5.74) is 2.12. The van der Waals surface area contributed by atoms with Crippen LogP contribution >= 0.6 is 11.6 Å². The van der Waals surface area contributed by atoms with E-state index >= 15 is 0 Å². The van der Waals surface area contributed by atoms with Crippen LogP contribution in [0.25, 0.3) is 0 Å². The lowest BCUT2D eigenvalue weighted by atomic mass is 10.3. The molecule has 1 amide bonds. The third-order valence-corrected chi connectivity index (χ3v) is 4.12. The van der Waals surface area contributed by atoms with E-state index in [2.05, 4.69) is 36.7 Å². The summed E-state index contributed by atoms with van der Waals surface area (Å²) < 4.78 is 6.75. The molecule has 28 heavy (non-hydrogen) atoms. The molecule has 2 aromatic rings. The van der Waals surface area contributed by atoms with E-state index in [1.54, 1.807) is 24.3 Å². The number of rotatable bonds is 10. The second kappa shape index (κ2) is 10.8. The van der Waals surface area contributed by atoms with Gasteiger partial charge in [-0.2, -0.15) is 10.2 Å². The Morgan fingerprint density at radius 3 is 2.07 bits per heavy atom. The fraction of sp³-hybridized carbons (Fsp3) is 0.381. The minimum absolute atomic E-state index is 0.0720. The Balaban J connectivity index is 1.79. The van der Waals surface area contributed by atoms with Crippen LogP contribution in [0.1, 0.15) is 12.8 Å². The molecule has 150 valence electrons. The SMILES string of the molecule is C[N+](C)(C)CCCCOc1ccc(/N=N/c2ccc(NC(=O)CCl)cc2)cc1. The Morgan fingerprint density at radius 1 is 0.964 bits per heavy atom. The van der Waals surface area contributed by atoms with E-state index in [-0.39, 0.29) is 11.8 Å². The first-order valence-corrected chi connectivity index (χ1v) is 9.80. The van der Waals surface area contributed by atoms with Gasteiger partial charge in [-0.3, -0.25) is 4.79 Å². The third kappa shape index (κ3) is 8.50. The Labute approximate surface area is 171 Å². The van der Waals surface area contributed by atoms with E-state index < -0.39 is 0 Å². The molecule has 0 spiro atoms. The third-order valence-electron chi connectivity index (χ3n) is 3.88. The van der Waals surface area contributed by atoms with Crippen molar-refractivity contribution < 1.29 is 14.0 Å². The normalized spacial score (nSPS) is 11.6. The molecule has 0 aliphatic heterocycles. The minimum atomic E-state index is -0.244. The van der Waals surface area contributed by atoms with Gasteiger partial charge in [0.25, 0.3) is 0 Å². The van der Waals surface area contributed by atoms with Crippen molar-refractivity contribution in [1.29, 1.82) is 0 Å². The molecule has 0 heterocycles. The molecule has 0 radical (unpaired) electrons. The number of ether oxygens (including phenoxy) is 1. The number of unbranched alkanes of at least 4 members (excludes halogenated alkanes) is 1. The zero-order valence-electron chi connectivity index (χ0n) is 16.7. The molecule has 0 fully saturated rings. The maximum atomic E-state index is 11.2.